The minimum absolute atomic E-state index is 0.0372. The molecule has 0 saturated carbocycles. The van der Waals surface area contributed by atoms with Gasteiger partial charge in [0.05, 0.1) is 6.10 Å². The SMILES string of the molecule is O=C(NC[C@H]1CCCO1)N1CC[C@H](c2noc(-c3ccccc3)n2)C1. The maximum Gasteiger partial charge on any atom is 0.317 e. The first-order valence-corrected chi connectivity index (χ1v) is 8.83. The van der Waals surface area contributed by atoms with Crippen LogP contribution in [-0.4, -0.2) is 53.4 Å². The lowest BCUT2D eigenvalue weighted by Gasteiger charge is -2.18. The van der Waals surface area contributed by atoms with Gasteiger partial charge in [0.1, 0.15) is 0 Å². The predicted octanol–water partition coefficient (Wildman–Crippen LogP) is 2.41. The van der Waals surface area contributed by atoms with Gasteiger partial charge >= 0.3 is 6.03 Å². The van der Waals surface area contributed by atoms with Crippen molar-refractivity contribution < 1.29 is 14.1 Å². The third-order valence-corrected chi connectivity index (χ3v) is 4.81. The van der Waals surface area contributed by atoms with Crippen molar-refractivity contribution in [3.8, 4) is 11.5 Å². The van der Waals surface area contributed by atoms with E-state index in [1.54, 1.807) is 0 Å². The number of hydrogen-bond donors (Lipinski definition) is 1. The lowest BCUT2D eigenvalue weighted by atomic mass is 10.1. The van der Waals surface area contributed by atoms with Crippen LogP contribution in [0.5, 0.6) is 0 Å². The molecule has 1 aromatic heterocycles. The van der Waals surface area contributed by atoms with Gasteiger partial charge in [-0.1, -0.05) is 23.4 Å². The zero-order chi connectivity index (χ0) is 17.1. The molecule has 3 heterocycles. The van der Waals surface area contributed by atoms with Gasteiger partial charge in [0, 0.05) is 37.7 Å². The van der Waals surface area contributed by atoms with Crippen LogP contribution < -0.4 is 5.32 Å². The van der Waals surface area contributed by atoms with Crippen molar-refractivity contribution in [2.24, 2.45) is 0 Å². The van der Waals surface area contributed by atoms with Gasteiger partial charge in [-0.3, -0.25) is 0 Å². The Morgan fingerprint density at radius 3 is 2.96 bits per heavy atom. The van der Waals surface area contributed by atoms with Crippen LogP contribution in [0.4, 0.5) is 4.79 Å². The maximum atomic E-state index is 12.3. The van der Waals surface area contributed by atoms with Crippen LogP contribution in [0, 0.1) is 0 Å². The summed E-state index contributed by atoms with van der Waals surface area (Å²) in [5.74, 6) is 1.32. The quantitative estimate of drug-likeness (QED) is 0.923. The Morgan fingerprint density at radius 2 is 2.16 bits per heavy atom. The molecule has 2 fully saturated rings. The van der Waals surface area contributed by atoms with Gasteiger partial charge in [-0.15, -0.1) is 0 Å². The number of urea groups is 1. The number of carbonyl (C=O) groups is 1. The van der Waals surface area contributed by atoms with E-state index in [2.05, 4.69) is 15.5 Å². The van der Waals surface area contributed by atoms with Crippen molar-refractivity contribution >= 4 is 6.03 Å². The predicted molar refractivity (Wildman–Crippen MR) is 91.0 cm³/mol. The molecule has 4 rings (SSSR count). The molecular weight excluding hydrogens is 320 g/mol. The summed E-state index contributed by atoms with van der Waals surface area (Å²) in [5.41, 5.74) is 0.908. The highest BCUT2D eigenvalue weighted by atomic mass is 16.5. The Balaban J connectivity index is 1.33. The third-order valence-electron chi connectivity index (χ3n) is 4.81. The molecule has 2 amide bonds. The summed E-state index contributed by atoms with van der Waals surface area (Å²) in [6.45, 7) is 2.70. The van der Waals surface area contributed by atoms with Gasteiger partial charge < -0.3 is 19.5 Å². The summed E-state index contributed by atoms with van der Waals surface area (Å²) >= 11 is 0. The van der Waals surface area contributed by atoms with Crippen LogP contribution in [0.3, 0.4) is 0 Å². The molecular formula is C18H22N4O3. The van der Waals surface area contributed by atoms with Crippen LogP contribution >= 0.6 is 0 Å². The molecule has 0 bridgehead atoms. The fourth-order valence-electron chi connectivity index (χ4n) is 3.37. The van der Waals surface area contributed by atoms with Crippen molar-refractivity contribution in [3.05, 3.63) is 36.2 Å². The summed E-state index contributed by atoms with van der Waals surface area (Å²) in [6.07, 6.45) is 3.11. The third kappa shape index (κ3) is 3.66. The van der Waals surface area contributed by atoms with E-state index in [1.165, 1.54) is 0 Å². The van der Waals surface area contributed by atoms with Crippen molar-refractivity contribution in [2.75, 3.05) is 26.2 Å². The van der Waals surface area contributed by atoms with E-state index in [9.17, 15) is 4.79 Å². The monoisotopic (exact) mass is 342 g/mol. The van der Waals surface area contributed by atoms with Gasteiger partial charge in [0.2, 0.25) is 0 Å². The normalized spacial score (nSPS) is 23.1. The largest absolute Gasteiger partial charge is 0.376 e. The lowest BCUT2D eigenvalue weighted by Crippen LogP contribution is -2.41. The van der Waals surface area contributed by atoms with Crippen molar-refractivity contribution in [3.63, 3.8) is 0 Å². The smallest absolute Gasteiger partial charge is 0.317 e. The number of amides is 2. The fourth-order valence-corrected chi connectivity index (χ4v) is 3.37. The lowest BCUT2D eigenvalue weighted by molar-refractivity contribution is 0.109. The molecule has 2 aliphatic heterocycles. The van der Waals surface area contributed by atoms with Gasteiger partial charge in [0.25, 0.3) is 5.89 Å². The molecule has 0 radical (unpaired) electrons. The summed E-state index contributed by atoms with van der Waals surface area (Å²) < 4.78 is 10.9. The Hall–Kier alpha value is -2.41. The Labute approximate surface area is 146 Å². The number of rotatable bonds is 4. The fraction of sp³-hybridized carbons (Fsp3) is 0.500. The van der Waals surface area contributed by atoms with Crippen LogP contribution in [0.2, 0.25) is 0 Å². The van der Waals surface area contributed by atoms with E-state index in [4.69, 9.17) is 9.26 Å². The molecule has 0 aliphatic carbocycles. The number of nitrogens with zero attached hydrogens (tertiary/aromatic N) is 3. The molecule has 0 unspecified atom stereocenters. The minimum atomic E-state index is -0.0372. The number of hydrogen-bond acceptors (Lipinski definition) is 5. The number of likely N-dealkylation sites (tertiary alicyclic amines) is 1. The summed E-state index contributed by atoms with van der Waals surface area (Å²) in [6, 6.07) is 9.67. The standard InChI is InChI=1S/C18H22N4O3/c23-18(19-11-15-7-4-10-24-15)22-9-8-14(12-22)16-20-17(25-21-16)13-5-2-1-3-6-13/h1-3,5-6,14-15H,4,7-12H2,(H,19,23)/t14-,15+/m0/s1. The zero-order valence-electron chi connectivity index (χ0n) is 14.1. The van der Waals surface area contributed by atoms with E-state index < -0.39 is 0 Å². The summed E-state index contributed by atoms with van der Waals surface area (Å²) in [5, 5.41) is 7.08. The zero-order valence-corrected chi connectivity index (χ0v) is 14.1. The van der Waals surface area contributed by atoms with E-state index in [-0.39, 0.29) is 18.1 Å². The van der Waals surface area contributed by atoms with E-state index in [0.29, 0.717) is 31.3 Å². The Kier molecular flexibility index (Phi) is 4.65. The molecule has 7 nitrogen and oxygen atoms in total. The number of nitrogens with one attached hydrogen (secondary N) is 1. The molecule has 132 valence electrons. The highest BCUT2D eigenvalue weighted by Gasteiger charge is 2.31. The Bertz CT molecular complexity index is 712. The molecule has 2 aromatic rings. The van der Waals surface area contributed by atoms with Crippen LogP contribution in [0.15, 0.2) is 34.9 Å². The van der Waals surface area contributed by atoms with E-state index in [1.807, 2.05) is 35.2 Å². The molecule has 1 N–H and O–H groups in total. The van der Waals surface area contributed by atoms with Gasteiger partial charge in [0.15, 0.2) is 5.82 Å². The molecule has 2 aliphatic rings. The highest BCUT2D eigenvalue weighted by molar-refractivity contribution is 5.74. The minimum Gasteiger partial charge on any atom is -0.376 e. The van der Waals surface area contributed by atoms with Crippen LogP contribution in [-0.2, 0) is 4.74 Å². The van der Waals surface area contributed by atoms with Gasteiger partial charge in [-0.05, 0) is 31.4 Å². The second-order valence-electron chi connectivity index (χ2n) is 6.58. The first-order valence-electron chi connectivity index (χ1n) is 8.83. The number of carbonyl (C=O) groups excluding carboxylic acids is 1. The molecule has 2 saturated heterocycles. The van der Waals surface area contributed by atoms with E-state index >= 15 is 0 Å². The van der Waals surface area contributed by atoms with Crippen LogP contribution in [0.25, 0.3) is 11.5 Å². The average Bonchev–Trinajstić information content (AvgIpc) is 3.41. The van der Waals surface area contributed by atoms with Gasteiger partial charge in [-0.2, -0.15) is 4.98 Å². The molecule has 1 aromatic carbocycles. The van der Waals surface area contributed by atoms with Crippen LogP contribution in [0.1, 0.15) is 31.0 Å². The first-order chi connectivity index (χ1) is 12.3. The summed E-state index contributed by atoms with van der Waals surface area (Å²) in [4.78, 5) is 18.6. The number of benzene rings is 1. The number of aromatic nitrogens is 2. The van der Waals surface area contributed by atoms with Gasteiger partial charge in [-0.25, -0.2) is 4.79 Å². The molecule has 25 heavy (non-hydrogen) atoms. The molecule has 2 atom stereocenters. The average molecular weight is 342 g/mol. The van der Waals surface area contributed by atoms with E-state index in [0.717, 1.165) is 31.4 Å². The highest BCUT2D eigenvalue weighted by Crippen LogP contribution is 2.27. The topological polar surface area (TPSA) is 80.5 Å². The second kappa shape index (κ2) is 7.23. The Morgan fingerprint density at radius 1 is 1.28 bits per heavy atom. The molecule has 0 spiro atoms. The number of ether oxygens (including phenoxy) is 1. The first kappa shape index (κ1) is 16.1. The molecule has 7 heteroatoms. The van der Waals surface area contributed by atoms with Crippen molar-refractivity contribution in [1.29, 1.82) is 0 Å². The maximum absolute atomic E-state index is 12.3. The summed E-state index contributed by atoms with van der Waals surface area (Å²) in [7, 11) is 0. The van der Waals surface area contributed by atoms with Crippen molar-refractivity contribution in [1.82, 2.24) is 20.4 Å². The van der Waals surface area contributed by atoms with Crippen molar-refractivity contribution in [2.45, 2.75) is 31.3 Å². The second-order valence-corrected chi connectivity index (χ2v) is 6.58.